The van der Waals surface area contributed by atoms with Crippen LogP contribution in [0.2, 0.25) is 0 Å². The van der Waals surface area contributed by atoms with Crippen molar-refractivity contribution in [2.45, 2.75) is 66.5 Å². The molecular formula is C24H33NO3. The molecule has 0 heterocycles. The molecule has 0 aliphatic rings. The van der Waals surface area contributed by atoms with Gasteiger partial charge in [0, 0.05) is 0 Å². The smallest absolute Gasteiger partial charge is 0.261 e. The lowest BCUT2D eigenvalue weighted by Crippen LogP contribution is -2.43. The van der Waals surface area contributed by atoms with E-state index in [1.807, 2.05) is 38.1 Å². The van der Waals surface area contributed by atoms with Crippen LogP contribution in [0.25, 0.3) is 0 Å². The van der Waals surface area contributed by atoms with Crippen molar-refractivity contribution in [2.24, 2.45) is 0 Å². The second-order valence-corrected chi connectivity index (χ2v) is 7.92. The number of benzene rings is 2. The van der Waals surface area contributed by atoms with Gasteiger partial charge in [0.05, 0.1) is 6.04 Å². The monoisotopic (exact) mass is 383 g/mol. The van der Waals surface area contributed by atoms with Crippen LogP contribution in [0, 0.1) is 20.8 Å². The zero-order valence-electron chi connectivity index (χ0n) is 18.1. The minimum absolute atomic E-state index is 0.123. The molecule has 0 bridgehead atoms. The van der Waals surface area contributed by atoms with Crippen LogP contribution in [-0.2, 0) is 4.79 Å². The highest BCUT2D eigenvalue weighted by atomic mass is 16.5. The summed E-state index contributed by atoms with van der Waals surface area (Å²) in [6.07, 6.45) is -0.580. The summed E-state index contributed by atoms with van der Waals surface area (Å²) < 4.78 is 11.8. The number of carbonyl (C=O) groups excluding carboxylic acids is 1. The van der Waals surface area contributed by atoms with Gasteiger partial charge in [-0.2, -0.15) is 0 Å². The zero-order valence-corrected chi connectivity index (χ0v) is 18.1. The third-order valence-electron chi connectivity index (χ3n) is 4.83. The van der Waals surface area contributed by atoms with E-state index in [9.17, 15) is 4.79 Å². The standard InChI is InChI=1S/C24H33NO3/c1-15(2)22-11-8-16(3)12-23(22)28-20(7)24(26)25-19(6)14-27-21-10-9-17(4)18(5)13-21/h8-13,15,19-20H,14H2,1-7H3,(H,25,26)/t19-,20-/m0/s1. The molecule has 4 heteroatoms. The number of ether oxygens (including phenoxy) is 2. The summed E-state index contributed by atoms with van der Waals surface area (Å²) in [5.41, 5.74) is 4.64. The van der Waals surface area contributed by atoms with E-state index in [0.29, 0.717) is 12.5 Å². The SMILES string of the molecule is Cc1ccc(C(C)C)c(O[C@@H](C)C(=O)N[C@@H](C)COc2ccc(C)c(C)c2)c1. The lowest BCUT2D eigenvalue weighted by atomic mass is 10.0. The van der Waals surface area contributed by atoms with E-state index in [2.05, 4.69) is 45.1 Å². The largest absolute Gasteiger partial charge is 0.491 e. The molecule has 4 nitrogen and oxygen atoms in total. The third-order valence-corrected chi connectivity index (χ3v) is 4.83. The van der Waals surface area contributed by atoms with E-state index in [0.717, 1.165) is 22.6 Å². The van der Waals surface area contributed by atoms with Gasteiger partial charge in [-0.05, 0) is 81.0 Å². The number of aryl methyl sites for hydroxylation is 3. The highest BCUT2D eigenvalue weighted by Crippen LogP contribution is 2.28. The summed E-state index contributed by atoms with van der Waals surface area (Å²) in [4.78, 5) is 12.5. The molecule has 0 saturated carbocycles. The quantitative estimate of drug-likeness (QED) is 0.691. The van der Waals surface area contributed by atoms with Crippen molar-refractivity contribution in [3.8, 4) is 11.5 Å². The van der Waals surface area contributed by atoms with Crippen molar-refractivity contribution in [2.75, 3.05) is 6.61 Å². The van der Waals surface area contributed by atoms with Crippen molar-refractivity contribution in [3.63, 3.8) is 0 Å². The molecule has 2 aromatic carbocycles. The highest BCUT2D eigenvalue weighted by molar-refractivity contribution is 5.81. The first-order valence-electron chi connectivity index (χ1n) is 9.95. The van der Waals surface area contributed by atoms with Gasteiger partial charge in [0.15, 0.2) is 6.10 Å². The molecule has 0 fully saturated rings. The number of hydrogen-bond donors (Lipinski definition) is 1. The molecule has 152 valence electrons. The van der Waals surface area contributed by atoms with Gasteiger partial charge in [-0.15, -0.1) is 0 Å². The number of rotatable bonds is 8. The zero-order chi connectivity index (χ0) is 20.8. The molecule has 0 spiro atoms. The maximum Gasteiger partial charge on any atom is 0.261 e. The molecule has 0 saturated heterocycles. The van der Waals surface area contributed by atoms with Gasteiger partial charge in [0.2, 0.25) is 0 Å². The van der Waals surface area contributed by atoms with Crippen LogP contribution in [0.15, 0.2) is 36.4 Å². The Morgan fingerprint density at radius 3 is 2.32 bits per heavy atom. The predicted molar refractivity (Wildman–Crippen MR) is 114 cm³/mol. The molecule has 2 aromatic rings. The van der Waals surface area contributed by atoms with Crippen molar-refractivity contribution in [1.29, 1.82) is 0 Å². The first kappa shape index (κ1) is 21.8. The van der Waals surface area contributed by atoms with Gasteiger partial charge < -0.3 is 14.8 Å². The lowest BCUT2D eigenvalue weighted by molar-refractivity contribution is -0.128. The average Bonchev–Trinajstić information content (AvgIpc) is 2.62. The van der Waals surface area contributed by atoms with E-state index in [1.54, 1.807) is 6.92 Å². The summed E-state index contributed by atoms with van der Waals surface area (Å²) in [6.45, 7) is 14.5. The third kappa shape index (κ3) is 6.01. The van der Waals surface area contributed by atoms with Gasteiger partial charge >= 0.3 is 0 Å². The van der Waals surface area contributed by atoms with Crippen LogP contribution in [0.5, 0.6) is 11.5 Å². The summed E-state index contributed by atoms with van der Waals surface area (Å²) >= 11 is 0. The second-order valence-electron chi connectivity index (χ2n) is 7.92. The summed E-state index contributed by atoms with van der Waals surface area (Å²) in [7, 11) is 0. The predicted octanol–water partition coefficient (Wildman–Crippen LogP) is 5.09. The Morgan fingerprint density at radius 1 is 0.964 bits per heavy atom. The average molecular weight is 384 g/mol. The van der Waals surface area contributed by atoms with Crippen LogP contribution in [0.1, 0.15) is 55.9 Å². The molecule has 2 atom stereocenters. The molecule has 1 amide bonds. The summed E-state index contributed by atoms with van der Waals surface area (Å²) in [6, 6.07) is 12.0. The van der Waals surface area contributed by atoms with E-state index in [4.69, 9.17) is 9.47 Å². The molecule has 0 aliphatic carbocycles. The van der Waals surface area contributed by atoms with Crippen LogP contribution in [0.3, 0.4) is 0 Å². The van der Waals surface area contributed by atoms with E-state index in [-0.39, 0.29) is 11.9 Å². The van der Waals surface area contributed by atoms with Crippen LogP contribution >= 0.6 is 0 Å². The topological polar surface area (TPSA) is 47.6 Å². The lowest BCUT2D eigenvalue weighted by Gasteiger charge is -2.21. The Balaban J connectivity index is 1.91. The van der Waals surface area contributed by atoms with Crippen molar-refractivity contribution in [3.05, 3.63) is 58.7 Å². The van der Waals surface area contributed by atoms with Gasteiger partial charge in [0.1, 0.15) is 18.1 Å². The normalized spacial score (nSPS) is 13.1. The van der Waals surface area contributed by atoms with Crippen molar-refractivity contribution >= 4 is 5.91 Å². The van der Waals surface area contributed by atoms with Gasteiger partial charge in [-0.3, -0.25) is 4.79 Å². The first-order valence-corrected chi connectivity index (χ1v) is 9.95. The Kier molecular flexibility index (Phi) is 7.50. The van der Waals surface area contributed by atoms with E-state index in [1.165, 1.54) is 11.1 Å². The van der Waals surface area contributed by atoms with Gasteiger partial charge in [-0.25, -0.2) is 0 Å². The molecule has 2 rings (SSSR count). The van der Waals surface area contributed by atoms with E-state index < -0.39 is 6.10 Å². The highest BCUT2D eigenvalue weighted by Gasteiger charge is 2.19. The number of hydrogen-bond acceptors (Lipinski definition) is 3. The first-order chi connectivity index (χ1) is 13.2. The van der Waals surface area contributed by atoms with Gasteiger partial charge in [-0.1, -0.05) is 32.0 Å². The minimum Gasteiger partial charge on any atom is -0.491 e. The van der Waals surface area contributed by atoms with Gasteiger partial charge in [0.25, 0.3) is 5.91 Å². The molecule has 0 aliphatic heterocycles. The molecule has 0 aromatic heterocycles. The summed E-state index contributed by atoms with van der Waals surface area (Å²) in [5, 5.41) is 2.97. The fourth-order valence-electron chi connectivity index (χ4n) is 2.89. The Hall–Kier alpha value is -2.49. The van der Waals surface area contributed by atoms with E-state index >= 15 is 0 Å². The Bertz CT molecular complexity index is 813. The number of carbonyl (C=O) groups is 1. The molecular weight excluding hydrogens is 350 g/mol. The van der Waals surface area contributed by atoms with Crippen molar-refractivity contribution < 1.29 is 14.3 Å². The molecule has 0 radical (unpaired) electrons. The van der Waals surface area contributed by atoms with Crippen LogP contribution in [0.4, 0.5) is 0 Å². The molecule has 1 N–H and O–H groups in total. The maximum atomic E-state index is 12.5. The van der Waals surface area contributed by atoms with Crippen molar-refractivity contribution in [1.82, 2.24) is 5.32 Å². The number of nitrogens with one attached hydrogen (secondary N) is 1. The van der Waals surface area contributed by atoms with Crippen LogP contribution < -0.4 is 14.8 Å². The summed E-state index contributed by atoms with van der Waals surface area (Å²) in [5.74, 6) is 1.77. The molecule has 28 heavy (non-hydrogen) atoms. The maximum absolute atomic E-state index is 12.5. The molecule has 0 unspecified atom stereocenters. The van der Waals surface area contributed by atoms with Crippen LogP contribution in [-0.4, -0.2) is 24.7 Å². The fourth-order valence-corrected chi connectivity index (χ4v) is 2.89. The fraction of sp³-hybridized carbons (Fsp3) is 0.458. The number of amides is 1. The Morgan fingerprint density at radius 2 is 1.68 bits per heavy atom. The Labute approximate surface area is 169 Å². The second kappa shape index (κ2) is 9.63. The minimum atomic E-state index is -0.580.